The van der Waals surface area contributed by atoms with E-state index in [2.05, 4.69) is 54.1 Å². The first kappa shape index (κ1) is 23.8. The van der Waals surface area contributed by atoms with E-state index in [1.165, 1.54) is 0 Å². The predicted molar refractivity (Wildman–Crippen MR) is 150 cm³/mol. The summed E-state index contributed by atoms with van der Waals surface area (Å²) in [5.41, 5.74) is 7.59. The molecule has 0 radical (unpaired) electrons. The summed E-state index contributed by atoms with van der Waals surface area (Å²) in [5, 5.41) is 1.14. The Kier molecular flexibility index (Phi) is 6.08. The minimum atomic E-state index is 0.559. The van der Waals surface area contributed by atoms with Gasteiger partial charge in [-0.3, -0.25) is 0 Å². The van der Waals surface area contributed by atoms with Gasteiger partial charge in [0.2, 0.25) is 0 Å². The maximum atomic E-state index is 5.85. The Balaban J connectivity index is 1.60. The van der Waals surface area contributed by atoms with Crippen LogP contribution in [0.15, 0.2) is 78.9 Å². The third-order valence-corrected chi connectivity index (χ3v) is 7.08. The van der Waals surface area contributed by atoms with Crippen LogP contribution in [0.1, 0.15) is 0 Å². The molecule has 192 valence electrons. The second-order valence-corrected chi connectivity index (χ2v) is 9.20. The van der Waals surface area contributed by atoms with E-state index in [9.17, 15) is 0 Å². The molecule has 0 fully saturated rings. The van der Waals surface area contributed by atoms with Crippen molar-refractivity contribution in [3.05, 3.63) is 78.9 Å². The Hall–Kier alpha value is -4.58. The maximum absolute atomic E-state index is 5.85. The fourth-order valence-electron chi connectivity index (χ4n) is 5.18. The lowest BCUT2D eigenvalue weighted by molar-refractivity contribution is 0.171. The van der Waals surface area contributed by atoms with Crippen molar-refractivity contribution in [2.45, 2.75) is 0 Å². The van der Waals surface area contributed by atoms with Gasteiger partial charge in [-0.15, -0.1) is 0 Å². The van der Waals surface area contributed by atoms with Gasteiger partial charge in [-0.2, -0.15) is 0 Å². The molecule has 38 heavy (non-hydrogen) atoms. The second kappa shape index (κ2) is 9.71. The zero-order valence-corrected chi connectivity index (χ0v) is 21.9. The first-order chi connectivity index (χ1) is 18.6. The first-order valence-corrected chi connectivity index (χ1v) is 12.5. The minimum Gasteiger partial charge on any atom is -0.497 e. The summed E-state index contributed by atoms with van der Waals surface area (Å²) < 4.78 is 30.4. The number of nitrogens with zero attached hydrogens (tertiary/aromatic N) is 1. The summed E-state index contributed by atoms with van der Waals surface area (Å²) in [4.78, 5) is 0. The highest BCUT2D eigenvalue weighted by molar-refractivity contribution is 6.06. The van der Waals surface area contributed by atoms with Gasteiger partial charge in [0.25, 0.3) is 0 Å². The molecule has 6 heteroatoms. The number of aryl methyl sites for hydroxylation is 1. The van der Waals surface area contributed by atoms with E-state index in [0.717, 1.165) is 73.2 Å². The van der Waals surface area contributed by atoms with Crippen LogP contribution in [0.25, 0.3) is 44.4 Å². The van der Waals surface area contributed by atoms with Crippen LogP contribution in [0.4, 0.5) is 0 Å². The van der Waals surface area contributed by atoms with Gasteiger partial charge in [0, 0.05) is 35.1 Å². The van der Waals surface area contributed by atoms with Crippen LogP contribution in [-0.2, 0) is 7.05 Å². The molecule has 0 saturated carbocycles. The van der Waals surface area contributed by atoms with Crippen LogP contribution in [0.2, 0.25) is 0 Å². The van der Waals surface area contributed by atoms with Crippen LogP contribution in [0.3, 0.4) is 0 Å². The van der Waals surface area contributed by atoms with Gasteiger partial charge in [-0.1, -0.05) is 24.3 Å². The van der Waals surface area contributed by atoms with Crippen molar-refractivity contribution in [3.63, 3.8) is 0 Å². The monoisotopic (exact) mass is 507 g/mol. The third-order valence-electron chi connectivity index (χ3n) is 7.08. The van der Waals surface area contributed by atoms with E-state index in [1.807, 2.05) is 36.4 Å². The second-order valence-electron chi connectivity index (χ2n) is 9.20. The lowest BCUT2D eigenvalue weighted by Crippen LogP contribution is -2.15. The maximum Gasteiger partial charge on any atom is 0.161 e. The molecule has 6 rings (SSSR count). The summed E-state index contributed by atoms with van der Waals surface area (Å²) in [5.74, 6) is 3.86. The highest BCUT2D eigenvalue weighted by Crippen LogP contribution is 2.44. The largest absolute Gasteiger partial charge is 0.497 e. The number of hydrogen-bond donors (Lipinski definition) is 0. The van der Waals surface area contributed by atoms with Crippen molar-refractivity contribution in [1.82, 2.24) is 4.57 Å². The minimum absolute atomic E-state index is 0.559. The van der Waals surface area contributed by atoms with E-state index in [1.54, 1.807) is 21.3 Å². The van der Waals surface area contributed by atoms with Crippen molar-refractivity contribution in [1.29, 1.82) is 0 Å². The molecule has 0 bridgehead atoms. The SMILES string of the molecule is COc1ccc(-c2c(-c3cc(OC)cc(OC)c3)n(C)c3ccc(-c4ccc5c(c4)OCCO5)cc23)cc1. The van der Waals surface area contributed by atoms with Gasteiger partial charge < -0.3 is 28.3 Å². The van der Waals surface area contributed by atoms with E-state index in [4.69, 9.17) is 23.7 Å². The summed E-state index contributed by atoms with van der Waals surface area (Å²) >= 11 is 0. The number of hydrogen-bond acceptors (Lipinski definition) is 5. The average molecular weight is 508 g/mol. The lowest BCUT2D eigenvalue weighted by Gasteiger charge is -2.19. The van der Waals surface area contributed by atoms with Crippen LogP contribution in [-0.4, -0.2) is 39.1 Å². The van der Waals surface area contributed by atoms with Gasteiger partial charge in [0.1, 0.15) is 30.5 Å². The van der Waals surface area contributed by atoms with Crippen molar-refractivity contribution in [3.8, 4) is 62.3 Å². The molecule has 4 aromatic carbocycles. The Morgan fingerprint density at radius 1 is 0.579 bits per heavy atom. The number of fused-ring (bicyclic) bond motifs is 2. The standard InChI is InChI=1S/C32H29NO5/c1-33-28-11-7-21(22-8-12-29-30(18-22)38-14-13-37-29)17-27(28)31(20-5-9-24(34-2)10-6-20)32(33)23-15-25(35-3)19-26(16-23)36-4/h5-12,15-19H,13-14H2,1-4H3. The number of methoxy groups -OCH3 is 3. The molecule has 0 atom stereocenters. The number of aromatic nitrogens is 1. The molecule has 0 aliphatic carbocycles. The summed E-state index contributed by atoms with van der Waals surface area (Å²) in [7, 11) is 7.12. The zero-order chi connectivity index (χ0) is 26.2. The van der Waals surface area contributed by atoms with E-state index in [-0.39, 0.29) is 0 Å². The van der Waals surface area contributed by atoms with Crippen LogP contribution in [0, 0.1) is 0 Å². The number of ether oxygens (including phenoxy) is 5. The molecule has 5 aromatic rings. The summed E-state index contributed by atoms with van der Waals surface area (Å²) in [6.07, 6.45) is 0. The average Bonchev–Trinajstić information content (AvgIpc) is 3.28. The van der Waals surface area contributed by atoms with Crippen LogP contribution >= 0.6 is 0 Å². The fourth-order valence-corrected chi connectivity index (χ4v) is 5.18. The molecule has 2 heterocycles. The van der Waals surface area contributed by atoms with Crippen molar-refractivity contribution >= 4 is 10.9 Å². The Labute approximate surface area is 221 Å². The topological polar surface area (TPSA) is 51.1 Å². The predicted octanol–water partition coefficient (Wildman–Crippen LogP) is 6.98. The van der Waals surface area contributed by atoms with Crippen molar-refractivity contribution < 1.29 is 23.7 Å². The molecule has 0 N–H and O–H groups in total. The number of rotatable bonds is 6. The Bertz CT molecular complexity index is 1610. The Morgan fingerprint density at radius 3 is 1.87 bits per heavy atom. The molecular formula is C32H29NO5. The molecule has 0 saturated heterocycles. The first-order valence-electron chi connectivity index (χ1n) is 12.5. The van der Waals surface area contributed by atoms with Crippen molar-refractivity contribution in [2.24, 2.45) is 7.05 Å². The summed E-state index contributed by atoms with van der Waals surface area (Å²) in [6.45, 7) is 1.13. The quantitative estimate of drug-likeness (QED) is 0.248. The van der Waals surface area contributed by atoms with Gasteiger partial charge >= 0.3 is 0 Å². The number of benzene rings is 4. The van der Waals surface area contributed by atoms with Crippen LogP contribution in [0.5, 0.6) is 28.7 Å². The van der Waals surface area contributed by atoms with Gasteiger partial charge in [-0.25, -0.2) is 0 Å². The molecule has 1 aliphatic rings. The van der Waals surface area contributed by atoms with E-state index >= 15 is 0 Å². The highest BCUT2D eigenvalue weighted by atomic mass is 16.6. The fraction of sp³-hybridized carbons (Fsp3) is 0.188. The van der Waals surface area contributed by atoms with Crippen LogP contribution < -0.4 is 23.7 Å². The van der Waals surface area contributed by atoms with Crippen molar-refractivity contribution in [2.75, 3.05) is 34.5 Å². The summed E-state index contributed by atoms with van der Waals surface area (Å²) in [6, 6.07) is 26.9. The molecule has 0 unspecified atom stereocenters. The van der Waals surface area contributed by atoms with E-state index in [0.29, 0.717) is 13.2 Å². The lowest BCUT2D eigenvalue weighted by atomic mass is 9.96. The van der Waals surface area contributed by atoms with Gasteiger partial charge in [-0.05, 0) is 65.2 Å². The molecule has 0 amide bonds. The highest BCUT2D eigenvalue weighted by Gasteiger charge is 2.21. The molecule has 1 aromatic heterocycles. The Morgan fingerprint density at radius 2 is 1.18 bits per heavy atom. The van der Waals surface area contributed by atoms with E-state index < -0.39 is 0 Å². The molecular weight excluding hydrogens is 478 g/mol. The molecule has 0 spiro atoms. The normalized spacial score (nSPS) is 12.4. The smallest absolute Gasteiger partial charge is 0.161 e. The molecule has 6 nitrogen and oxygen atoms in total. The molecule has 1 aliphatic heterocycles. The zero-order valence-electron chi connectivity index (χ0n) is 21.9. The van der Waals surface area contributed by atoms with Gasteiger partial charge in [0.15, 0.2) is 11.5 Å². The third kappa shape index (κ3) is 4.08. The van der Waals surface area contributed by atoms with Gasteiger partial charge in [0.05, 0.1) is 27.0 Å².